The first-order chi connectivity index (χ1) is 16.5. The highest BCUT2D eigenvalue weighted by Gasteiger charge is 2.29. The Kier molecular flexibility index (Phi) is 5.25. The van der Waals surface area contributed by atoms with Crippen LogP contribution in [0.4, 0.5) is 11.4 Å². The zero-order chi connectivity index (χ0) is 23.8. The normalized spacial score (nSPS) is 13.0. The summed E-state index contributed by atoms with van der Waals surface area (Å²) in [6, 6.07) is 15.5. The number of amides is 1. The Bertz CT molecular complexity index is 1470. The minimum atomic E-state index is -0.327. The van der Waals surface area contributed by atoms with Crippen molar-refractivity contribution in [3.63, 3.8) is 0 Å². The Morgan fingerprint density at radius 1 is 1.03 bits per heavy atom. The van der Waals surface area contributed by atoms with Gasteiger partial charge in [-0.05, 0) is 24.3 Å². The highest BCUT2D eigenvalue weighted by Crippen LogP contribution is 2.47. The van der Waals surface area contributed by atoms with Crippen molar-refractivity contribution in [2.75, 3.05) is 19.5 Å². The van der Waals surface area contributed by atoms with Gasteiger partial charge in [0.1, 0.15) is 5.75 Å². The number of fused-ring (bicyclic) bond motifs is 2. The molecule has 1 aliphatic heterocycles. The number of benzene rings is 3. The molecular formula is C26H20N2O6. The first kappa shape index (κ1) is 21.3. The van der Waals surface area contributed by atoms with E-state index >= 15 is 0 Å². The van der Waals surface area contributed by atoms with Gasteiger partial charge >= 0.3 is 0 Å². The molecule has 1 aliphatic rings. The van der Waals surface area contributed by atoms with Gasteiger partial charge in [0.05, 0.1) is 54.9 Å². The molecule has 4 aromatic rings. The van der Waals surface area contributed by atoms with Gasteiger partial charge in [0, 0.05) is 11.1 Å². The minimum absolute atomic E-state index is 0.108. The highest BCUT2D eigenvalue weighted by atomic mass is 16.5. The molecule has 0 spiro atoms. The minimum Gasteiger partial charge on any atom is -0.504 e. The van der Waals surface area contributed by atoms with E-state index in [-0.39, 0.29) is 40.9 Å². The predicted octanol–water partition coefficient (Wildman–Crippen LogP) is 4.85. The van der Waals surface area contributed by atoms with E-state index < -0.39 is 0 Å². The topological polar surface area (TPSA) is 110 Å². The summed E-state index contributed by atoms with van der Waals surface area (Å²) in [6.45, 7) is 0. The van der Waals surface area contributed by atoms with E-state index in [0.717, 1.165) is 0 Å². The molecule has 0 unspecified atom stereocenters. The number of carbonyl (C=O) groups is 2. The number of rotatable bonds is 5. The maximum Gasteiger partial charge on any atom is 0.230 e. The molecule has 0 aliphatic carbocycles. The van der Waals surface area contributed by atoms with Gasteiger partial charge in [0.25, 0.3) is 0 Å². The second-order valence-corrected chi connectivity index (χ2v) is 7.66. The van der Waals surface area contributed by atoms with Gasteiger partial charge in [-0.15, -0.1) is 0 Å². The van der Waals surface area contributed by atoms with Crippen molar-refractivity contribution < 1.29 is 28.6 Å². The number of nitrogens with zero attached hydrogens (tertiary/aromatic N) is 1. The maximum absolute atomic E-state index is 13.0. The smallest absolute Gasteiger partial charge is 0.230 e. The number of ketones is 1. The number of hydrogen-bond acceptors (Lipinski definition) is 7. The van der Waals surface area contributed by atoms with Crippen LogP contribution in [-0.2, 0) is 4.79 Å². The monoisotopic (exact) mass is 456 g/mol. The number of phenols is 1. The van der Waals surface area contributed by atoms with Crippen LogP contribution in [0.15, 0.2) is 70.3 Å². The van der Waals surface area contributed by atoms with Crippen molar-refractivity contribution in [2.24, 2.45) is 4.99 Å². The van der Waals surface area contributed by atoms with Crippen molar-refractivity contribution in [3.05, 3.63) is 77.6 Å². The summed E-state index contributed by atoms with van der Waals surface area (Å²) in [6.07, 6.45) is 1.32. The molecule has 34 heavy (non-hydrogen) atoms. The molecule has 8 nitrogen and oxygen atoms in total. The zero-order valence-electron chi connectivity index (χ0n) is 18.4. The SMILES string of the molecule is COc1c(C2=Nc3cc(C(=O)c4ccccc4)ccc3NC(=O)C2)c(O)c(OC)c2occc12. The molecule has 5 rings (SSSR count). The van der Waals surface area contributed by atoms with E-state index in [1.807, 2.05) is 6.07 Å². The van der Waals surface area contributed by atoms with E-state index in [0.29, 0.717) is 39.2 Å². The number of ether oxygens (including phenoxy) is 2. The van der Waals surface area contributed by atoms with Gasteiger partial charge < -0.3 is 24.3 Å². The number of aliphatic imine (C=N–C) groups is 1. The van der Waals surface area contributed by atoms with Crippen molar-refractivity contribution in [1.82, 2.24) is 0 Å². The first-order valence-electron chi connectivity index (χ1n) is 10.5. The van der Waals surface area contributed by atoms with Gasteiger partial charge in [-0.2, -0.15) is 0 Å². The molecule has 0 bridgehead atoms. The average Bonchev–Trinajstić information content (AvgIpc) is 3.26. The molecule has 8 heteroatoms. The number of phenolic OH excluding ortho intramolecular Hbond substituents is 1. The molecular weight excluding hydrogens is 436 g/mol. The van der Waals surface area contributed by atoms with E-state index in [1.54, 1.807) is 48.5 Å². The summed E-state index contributed by atoms with van der Waals surface area (Å²) in [5.41, 5.74) is 2.60. The van der Waals surface area contributed by atoms with Crippen molar-refractivity contribution in [2.45, 2.75) is 6.42 Å². The molecule has 0 saturated carbocycles. The van der Waals surface area contributed by atoms with Crippen molar-refractivity contribution >= 4 is 39.7 Å². The number of furan rings is 1. The molecule has 0 atom stereocenters. The summed E-state index contributed by atoms with van der Waals surface area (Å²) in [5.74, 6) is -0.344. The molecule has 0 fully saturated rings. The first-order valence-corrected chi connectivity index (χ1v) is 10.5. The Labute approximate surface area is 194 Å². The summed E-state index contributed by atoms with van der Waals surface area (Å²) in [7, 11) is 2.87. The number of aromatic hydroxyl groups is 1. The largest absolute Gasteiger partial charge is 0.504 e. The number of anilines is 1. The predicted molar refractivity (Wildman–Crippen MR) is 127 cm³/mol. The second-order valence-electron chi connectivity index (χ2n) is 7.66. The van der Waals surface area contributed by atoms with E-state index in [9.17, 15) is 14.7 Å². The lowest BCUT2D eigenvalue weighted by atomic mass is 10.0. The third kappa shape index (κ3) is 3.45. The van der Waals surface area contributed by atoms with E-state index in [2.05, 4.69) is 10.3 Å². The van der Waals surface area contributed by atoms with Crippen LogP contribution in [-0.4, -0.2) is 36.7 Å². The molecule has 2 heterocycles. The van der Waals surface area contributed by atoms with Crippen LogP contribution in [0, 0.1) is 0 Å². The van der Waals surface area contributed by atoms with Crippen LogP contribution in [0.3, 0.4) is 0 Å². The van der Waals surface area contributed by atoms with Gasteiger partial charge in [-0.1, -0.05) is 30.3 Å². The third-order valence-electron chi connectivity index (χ3n) is 5.65. The van der Waals surface area contributed by atoms with Crippen LogP contribution in [0.5, 0.6) is 17.2 Å². The Morgan fingerprint density at radius 2 is 1.79 bits per heavy atom. The van der Waals surface area contributed by atoms with E-state index in [1.165, 1.54) is 20.5 Å². The number of nitrogens with one attached hydrogen (secondary N) is 1. The molecule has 3 aromatic carbocycles. The Morgan fingerprint density at radius 3 is 2.53 bits per heavy atom. The Hall–Kier alpha value is -4.59. The van der Waals surface area contributed by atoms with Crippen LogP contribution in [0.25, 0.3) is 11.0 Å². The third-order valence-corrected chi connectivity index (χ3v) is 5.65. The van der Waals surface area contributed by atoms with Gasteiger partial charge in [0.15, 0.2) is 17.1 Å². The maximum atomic E-state index is 13.0. The molecule has 170 valence electrons. The van der Waals surface area contributed by atoms with Gasteiger partial charge in [0.2, 0.25) is 11.7 Å². The molecule has 1 amide bonds. The lowest BCUT2D eigenvalue weighted by molar-refractivity contribution is -0.115. The van der Waals surface area contributed by atoms with Crippen molar-refractivity contribution in [3.8, 4) is 17.2 Å². The quantitative estimate of drug-likeness (QED) is 0.416. The summed E-state index contributed by atoms with van der Waals surface area (Å²) < 4.78 is 16.4. The molecule has 1 aromatic heterocycles. The zero-order valence-corrected chi connectivity index (χ0v) is 18.4. The summed E-state index contributed by atoms with van der Waals surface area (Å²) in [4.78, 5) is 30.4. The molecule has 2 N–H and O–H groups in total. The molecule has 0 saturated heterocycles. The number of methoxy groups -OCH3 is 2. The van der Waals surface area contributed by atoms with Crippen LogP contribution < -0.4 is 14.8 Å². The fourth-order valence-corrected chi connectivity index (χ4v) is 4.10. The van der Waals surface area contributed by atoms with Crippen molar-refractivity contribution in [1.29, 1.82) is 0 Å². The second kappa shape index (κ2) is 8.40. The summed E-state index contributed by atoms with van der Waals surface area (Å²) in [5, 5.41) is 14.4. The Balaban J connectivity index is 1.70. The number of carbonyl (C=O) groups excluding carboxylic acids is 2. The van der Waals surface area contributed by atoms with Crippen LogP contribution >= 0.6 is 0 Å². The molecule has 0 radical (unpaired) electrons. The fourth-order valence-electron chi connectivity index (χ4n) is 4.10. The van der Waals surface area contributed by atoms with Crippen LogP contribution in [0.1, 0.15) is 27.9 Å². The standard InChI is InChI=1S/C26H20N2O6/c1-32-24-16-10-11-34-25(16)26(33-2)23(31)21(24)19-13-20(29)28-17-9-8-15(12-18(17)27-19)22(30)14-6-4-3-5-7-14/h3-12,31H,13H2,1-2H3,(H,28,29). The lowest BCUT2D eigenvalue weighted by Crippen LogP contribution is -2.16. The fraction of sp³-hybridized carbons (Fsp3) is 0.115. The number of hydrogen-bond donors (Lipinski definition) is 2. The lowest BCUT2D eigenvalue weighted by Gasteiger charge is -2.15. The summed E-state index contributed by atoms with van der Waals surface area (Å²) >= 11 is 0. The average molecular weight is 456 g/mol. The van der Waals surface area contributed by atoms with Gasteiger partial charge in [-0.3, -0.25) is 9.59 Å². The highest BCUT2D eigenvalue weighted by molar-refractivity contribution is 6.21. The van der Waals surface area contributed by atoms with E-state index in [4.69, 9.17) is 13.9 Å². The van der Waals surface area contributed by atoms with Crippen LogP contribution in [0.2, 0.25) is 0 Å². The van der Waals surface area contributed by atoms with Gasteiger partial charge in [-0.25, -0.2) is 4.99 Å².